The first kappa shape index (κ1) is 35.7. The molecule has 2 heterocycles. The van der Waals surface area contributed by atoms with Gasteiger partial charge in [-0.1, -0.05) is 19.1 Å². The monoisotopic (exact) mass is 657 g/mol. The zero-order chi connectivity index (χ0) is 33.9. The second-order valence-corrected chi connectivity index (χ2v) is 11.9. The van der Waals surface area contributed by atoms with Gasteiger partial charge in [-0.05, 0) is 85.2 Å². The van der Waals surface area contributed by atoms with Crippen molar-refractivity contribution in [1.82, 2.24) is 10.6 Å². The van der Waals surface area contributed by atoms with Gasteiger partial charge in [0.25, 0.3) is 0 Å². The number of carbonyl (C=O) groups is 1. The number of rotatable bonds is 17. The molecule has 2 aromatic rings. The van der Waals surface area contributed by atoms with E-state index in [1.807, 2.05) is 19.1 Å². The molecule has 0 spiro atoms. The number of phenolic OH excluding ortho intramolecular Hbond substituents is 2. The van der Waals surface area contributed by atoms with Crippen molar-refractivity contribution in [1.29, 1.82) is 0 Å². The average molecular weight is 658 g/mol. The lowest BCUT2D eigenvalue weighted by molar-refractivity contribution is -0.138. The fraction of sp³-hybridized carbons (Fsp3) is 0.500. The molecule has 1 fully saturated rings. The summed E-state index contributed by atoms with van der Waals surface area (Å²) in [5.41, 5.74) is 8.41. The van der Waals surface area contributed by atoms with Crippen molar-refractivity contribution in [2.45, 2.75) is 69.8 Å². The molecule has 2 aliphatic rings. The Morgan fingerprint density at radius 1 is 1.15 bits per heavy atom. The second-order valence-electron chi connectivity index (χ2n) is 11.9. The molecule has 0 radical (unpaired) electrons. The van der Waals surface area contributed by atoms with Gasteiger partial charge in [0.05, 0.1) is 37.7 Å². The fourth-order valence-electron chi connectivity index (χ4n) is 6.11. The maximum absolute atomic E-state index is 11.8. The lowest BCUT2D eigenvalue weighted by Crippen LogP contribution is -2.42. The zero-order valence-electron chi connectivity index (χ0n) is 26.9. The summed E-state index contributed by atoms with van der Waals surface area (Å²) in [5.74, 6) is -0.467. The van der Waals surface area contributed by atoms with E-state index in [1.165, 1.54) is 13.2 Å². The first-order valence-electron chi connectivity index (χ1n) is 15.9. The predicted octanol–water partition coefficient (Wildman–Crippen LogP) is 2.82. The Labute approximate surface area is 274 Å². The van der Waals surface area contributed by atoms with Gasteiger partial charge in [-0.3, -0.25) is 4.79 Å². The van der Waals surface area contributed by atoms with Gasteiger partial charge in [0.1, 0.15) is 6.61 Å². The van der Waals surface area contributed by atoms with E-state index >= 15 is 0 Å². The van der Waals surface area contributed by atoms with E-state index in [0.717, 1.165) is 11.1 Å². The SMILES string of the molecule is CCN[C@H](COc1cc([C@@H]2C[C@@H](O)C[C@H](CCc3ccc(O)c(OCO)c3)O2)cc(OC)c1O)[C@H](CC(=O)O)CC1=CCNC(N)=C1. The number of hydrogen-bond donors (Lipinski definition) is 8. The number of phenols is 2. The number of dihydropyridines is 1. The van der Waals surface area contributed by atoms with E-state index in [-0.39, 0.29) is 59.8 Å². The highest BCUT2D eigenvalue weighted by Gasteiger charge is 2.31. The van der Waals surface area contributed by atoms with E-state index in [2.05, 4.69) is 10.6 Å². The quantitative estimate of drug-likeness (QED) is 0.115. The van der Waals surface area contributed by atoms with Crippen molar-refractivity contribution in [2.24, 2.45) is 11.7 Å². The Morgan fingerprint density at radius 2 is 1.94 bits per heavy atom. The average Bonchev–Trinajstić information content (AvgIpc) is 3.03. The van der Waals surface area contributed by atoms with Gasteiger partial charge in [0, 0.05) is 19.0 Å². The summed E-state index contributed by atoms with van der Waals surface area (Å²) in [7, 11) is 1.44. The number of aromatic hydroxyl groups is 2. The van der Waals surface area contributed by atoms with E-state index in [4.69, 9.17) is 29.8 Å². The number of methoxy groups -OCH3 is 1. The summed E-state index contributed by atoms with van der Waals surface area (Å²) in [5, 5.41) is 56.8. The first-order chi connectivity index (χ1) is 22.6. The Bertz CT molecular complexity index is 1410. The number of allylic oxidation sites excluding steroid dienone is 2. The van der Waals surface area contributed by atoms with Crippen LogP contribution in [0.25, 0.3) is 0 Å². The van der Waals surface area contributed by atoms with Gasteiger partial charge >= 0.3 is 5.97 Å². The molecule has 5 atom stereocenters. The second kappa shape index (κ2) is 17.1. The number of aryl methyl sites for hydroxylation is 1. The zero-order valence-corrected chi connectivity index (χ0v) is 26.9. The Hall–Kier alpha value is -4.17. The maximum Gasteiger partial charge on any atom is 0.303 e. The Kier molecular flexibility index (Phi) is 13.0. The highest BCUT2D eigenvalue weighted by Crippen LogP contribution is 2.43. The number of aliphatic hydroxyl groups excluding tert-OH is 2. The number of carboxylic acid groups (broad SMARTS) is 1. The van der Waals surface area contributed by atoms with Crippen LogP contribution in [0.2, 0.25) is 0 Å². The molecule has 47 heavy (non-hydrogen) atoms. The molecule has 2 aliphatic heterocycles. The minimum atomic E-state index is -0.928. The molecule has 0 aromatic heterocycles. The third-order valence-corrected chi connectivity index (χ3v) is 8.43. The molecule has 0 amide bonds. The molecule has 2 aromatic carbocycles. The number of ether oxygens (including phenoxy) is 4. The molecular weight excluding hydrogens is 610 g/mol. The van der Waals surface area contributed by atoms with Crippen LogP contribution in [0.3, 0.4) is 0 Å². The number of aliphatic carboxylic acids is 1. The van der Waals surface area contributed by atoms with E-state index in [1.54, 1.807) is 24.3 Å². The van der Waals surface area contributed by atoms with Gasteiger partial charge < -0.3 is 60.8 Å². The first-order valence-corrected chi connectivity index (χ1v) is 15.9. The molecule has 13 nitrogen and oxygen atoms in total. The van der Waals surface area contributed by atoms with Gasteiger partial charge in [-0.25, -0.2) is 0 Å². The van der Waals surface area contributed by atoms with Crippen LogP contribution in [0.5, 0.6) is 28.7 Å². The minimum absolute atomic E-state index is 0.0674. The van der Waals surface area contributed by atoms with E-state index in [9.17, 15) is 25.2 Å². The van der Waals surface area contributed by atoms with Gasteiger partial charge in [-0.15, -0.1) is 0 Å². The van der Waals surface area contributed by atoms with Crippen molar-refractivity contribution >= 4 is 5.97 Å². The van der Waals surface area contributed by atoms with Crippen LogP contribution in [0, 0.1) is 5.92 Å². The summed E-state index contributed by atoms with van der Waals surface area (Å²) >= 11 is 0. The molecule has 9 N–H and O–H groups in total. The van der Waals surface area contributed by atoms with Crippen LogP contribution in [0.4, 0.5) is 0 Å². The smallest absolute Gasteiger partial charge is 0.303 e. The lowest BCUT2D eigenvalue weighted by Gasteiger charge is -2.34. The minimum Gasteiger partial charge on any atom is -0.504 e. The number of benzene rings is 2. The molecule has 258 valence electrons. The van der Waals surface area contributed by atoms with Crippen molar-refractivity contribution in [2.75, 3.05) is 33.6 Å². The summed E-state index contributed by atoms with van der Waals surface area (Å²) in [6.07, 6.45) is 4.68. The molecular formula is C34H47N3O10. The van der Waals surface area contributed by atoms with Crippen molar-refractivity contribution < 1.29 is 49.3 Å². The highest BCUT2D eigenvalue weighted by atomic mass is 16.6. The fourth-order valence-corrected chi connectivity index (χ4v) is 6.11. The van der Waals surface area contributed by atoms with Crippen molar-refractivity contribution in [3.63, 3.8) is 0 Å². The van der Waals surface area contributed by atoms with E-state index in [0.29, 0.717) is 56.6 Å². The largest absolute Gasteiger partial charge is 0.504 e. The van der Waals surface area contributed by atoms with Crippen molar-refractivity contribution in [3.05, 3.63) is 65.0 Å². The number of likely N-dealkylation sites (N-methyl/N-ethyl adjacent to an activating group) is 1. The van der Waals surface area contributed by atoms with E-state index < -0.39 is 25.0 Å². The number of aliphatic hydroxyl groups is 2. The Balaban J connectivity index is 1.49. The van der Waals surface area contributed by atoms with Crippen LogP contribution in [0.1, 0.15) is 56.3 Å². The van der Waals surface area contributed by atoms with Gasteiger partial charge in [0.15, 0.2) is 29.8 Å². The van der Waals surface area contributed by atoms with Gasteiger partial charge in [0.2, 0.25) is 5.75 Å². The summed E-state index contributed by atoms with van der Waals surface area (Å²) < 4.78 is 23.1. The molecule has 1 saturated heterocycles. The van der Waals surface area contributed by atoms with Crippen LogP contribution in [0.15, 0.2) is 53.9 Å². The molecule has 0 bridgehead atoms. The van der Waals surface area contributed by atoms with Crippen LogP contribution in [-0.2, 0) is 16.0 Å². The third-order valence-electron chi connectivity index (χ3n) is 8.43. The molecule has 0 aliphatic carbocycles. The molecule has 0 saturated carbocycles. The topological polar surface area (TPSA) is 205 Å². The molecule has 0 unspecified atom stereocenters. The highest BCUT2D eigenvalue weighted by molar-refractivity contribution is 5.67. The number of nitrogens with one attached hydrogen (secondary N) is 2. The predicted molar refractivity (Wildman–Crippen MR) is 173 cm³/mol. The summed E-state index contributed by atoms with van der Waals surface area (Å²) in [6.45, 7) is 2.59. The van der Waals surface area contributed by atoms with Crippen LogP contribution in [-0.4, -0.2) is 83.4 Å². The molecule has 13 heteroatoms. The Morgan fingerprint density at radius 3 is 2.64 bits per heavy atom. The van der Waals surface area contributed by atoms with Crippen LogP contribution < -0.4 is 30.6 Å². The summed E-state index contributed by atoms with van der Waals surface area (Å²) in [6, 6.07) is 7.90. The van der Waals surface area contributed by atoms with Crippen molar-refractivity contribution in [3.8, 4) is 28.7 Å². The molecule has 4 rings (SSSR count). The maximum atomic E-state index is 11.8. The normalized spacial score (nSPS) is 20.7. The third kappa shape index (κ3) is 10.2. The standard InChI is InChI=1S/C34H47N3O10/c1-3-36-26(22(15-33(41)42)10-21-8-9-37-32(35)12-21)18-45-31-14-23(13-30(44-2)34(31)43)28-17-24(39)16-25(47-28)6-4-20-5-7-27(40)29(11-20)46-19-38/h5,7-8,11-14,22,24-26,28,36-40,43H,3-4,6,9-10,15-19,35H2,1-2H3,(H,41,42)/t22-,24-,25-,26+,28-/m0/s1. The van der Waals surface area contributed by atoms with Crippen LogP contribution >= 0.6 is 0 Å². The summed E-state index contributed by atoms with van der Waals surface area (Å²) in [4.78, 5) is 11.8. The van der Waals surface area contributed by atoms with Gasteiger partial charge in [-0.2, -0.15) is 0 Å². The number of nitrogens with two attached hydrogens (primary N) is 1. The number of hydrogen-bond acceptors (Lipinski definition) is 12. The number of carboxylic acids is 1. The lowest BCUT2D eigenvalue weighted by atomic mass is 9.88.